The zero-order valence-corrected chi connectivity index (χ0v) is 15.8. The topological polar surface area (TPSA) is 44.9 Å². The number of carbonyl (C=O) groups excluding carboxylic acids is 1. The van der Waals surface area contributed by atoms with E-state index in [1.165, 1.54) is 12.1 Å². The number of nitrogens with one attached hydrogen (secondary N) is 2. The quantitative estimate of drug-likeness (QED) is 0.577. The molecule has 1 aromatic heterocycles. The van der Waals surface area contributed by atoms with E-state index in [-0.39, 0.29) is 23.8 Å². The van der Waals surface area contributed by atoms with E-state index in [1.54, 1.807) is 12.3 Å². The molecule has 3 nitrogen and oxygen atoms in total. The predicted molar refractivity (Wildman–Crippen MR) is 104 cm³/mol. The molecule has 148 valence electrons. The molecule has 6 heteroatoms. The second kappa shape index (κ2) is 8.09. The molecule has 0 saturated carbocycles. The first-order chi connectivity index (χ1) is 13.3. The van der Waals surface area contributed by atoms with Crippen LogP contribution in [0.3, 0.4) is 0 Å². The molecule has 0 fully saturated rings. The largest absolute Gasteiger partial charge is 0.416 e. The molecule has 0 bridgehead atoms. The van der Waals surface area contributed by atoms with Gasteiger partial charge >= 0.3 is 6.18 Å². The maximum atomic E-state index is 13.6. The molecule has 1 unspecified atom stereocenters. The lowest BCUT2D eigenvalue weighted by molar-refractivity contribution is -0.138. The minimum Gasteiger partial charge on any atom is -0.361 e. The number of rotatable bonds is 6. The van der Waals surface area contributed by atoms with Crippen molar-refractivity contribution in [2.75, 3.05) is 6.54 Å². The lowest BCUT2D eigenvalue weighted by Gasteiger charge is -2.22. The van der Waals surface area contributed by atoms with Gasteiger partial charge in [-0.1, -0.05) is 50.2 Å². The highest BCUT2D eigenvalue weighted by Gasteiger charge is 2.36. The highest BCUT2D eigenvalue weighted by molar-refractivity contribution is 5.86. The maximum Gasteiger partial charge on any atom is 0.416 e. The summed E-state index contributed by atoms with van der Waals surface area (Å²) in [5.41, 5.74) is 0.919. The van der Waals surface area contributed by atoms with Crippen molar-refractivity contribution < 1.29 is 18.0 Å². The molecule has 0 saturated heterocycles. The highest BCUT2D eigenvalue weighted by atomic mass is 19.4. The van der Waals surface area contributed by atoms with Crippen molar-refractivity contribution in [3.63, 3.8) is 0 Å². The molecule has 28 heavy (non-hydrogen) atoms. The Morgan fingerprint density at radius 3 is 2.43 bits per heavy atom. The molecular weight excluding hydrogens is 365 g/mol. The SMILES string of the molecule is CC(C)CNC(=O)CC(c1ccccc1C(F)(F)F)c1c[nH]c2ccccc12. The number of H-pyrrole nitrogens is 1. The number of hydrogen-bond acceptors (Lipinski definition) is 1. The summed E-state index contributed by atoms with van der Waals surface area (Å²) in [5, 5.41) is 3.64. The van der Waals surface area contributed by atoms with Gasteiger partial charge in [0.2, 0.25) is 5.91 Å². The van der Waals surface area contributed by atoms with Crippen LogP contribution in [0, 0.1) is 5.92 Å². The van der Waals surface area contributed by atoms with E-state index in [2.05, 4.69) is 10.3 Å². The average molecular weight is 388 g/mol. The van der Waals surface area contributed by atoms with Gasteiger partial charge in [-0.15, -0.1) is 0 Å². The minimum absolute atomic E-state index is 0.0539. The Morgan fingerprint density at radius 2 is 1.71 bits per heavy atom. The Morgan fingerprint density at radius 1 is 1.04 bits per heavy atom. The first-order valence-corrected chi connectivity index (χ1v) is 9.26. The fourth-order valence-corrected chi connectivity index (χ4v) is 3.40. The number of fused-ring (bicyclic) bond motifs is 1. The van der Waals surface area contributed by atoms with Gasteiger partial charge in [0.1, 0.15) is 0 Å². The van der Waals surface area contributed by atoms with Crippen molar-refractivity contribution in [2.24, 2.45) is 5.92 Å². The normalized spacial score (nSPS) is 13.1. The van der Waals surface area contributed by atoms with E-state index in [0.29, 0.717) is 12.1 Å². The Hall–Kier alpha value is -2.76. The Balaban J connectivity index is 2.07. The highest BCUT2D eigenvalue weighted by Crippen LogP contribution is 2.40. The van der Waals surface area contributed by atoms with Crippen molar-refractivity contribution in [1.29, 1.82) is 0 Å². The number of hydrogen-bond donors (Lipinski definition) is 2. The number of amides is 1. The van der Waals surface area contributed by atoms with Gasteiger partial charge in [-0.25, -0.2) is 0 Å². The summed E-state index contributed by atoms with van der Waals surface area (Å²) in [7, 11) is 0. The molecule has 0 aliphatic rings. The van der Waals surface area contributed by atoms with Crippen LogP contribution in [0.25, 0.3) is 10.9 Å². The van der Waals surface area contributed by atoms with E-state index >= 15 is 0 Å². The van der Waals surface area contributed by atoms with Gasteiger partial charge in [-0.2, -0.15) is 13.2 Å². The van der Waals surface area contributed by atoms with E-state index in [4.69, 9.17) is 0 Å². The molecule has 2 N–H and O–H groups in total. The van der Waals surface area contributed by atoms with E-state index in [0.717, 1.165) is 17.0 Å². The minimum atomic E-state index is -4.49. The lowest BCUT2D eigenvalue weighted by Crippen LogP contribution is -2.29. The van der Waals surface area contributed by atoms with Crippen molar-refractivity contribution in [3.8, 4) is 0 Å². The fourth-order valence-electron chi connectivity index (χ4n) is 3.40. The van der Waals surface area contributed by atoms with Gasteiger partial charge in [0.05, 0.1) is 5.56 Å². The third kappa shape index (κ3) is 4.38. The van der Waals surface area contributed by atoms with Gasteiger partial charge in [0, 0.05) is 36.0 Å². The van der Waals surface area contributed by atoms with Crippen LogP contribution in [0.15, 0.2) is 54.7 Å². The standard InChI is InChI=1S/C22H23F3N2O/c1-14(2)12-27-21(28)11-17(15-7-3-5-9-19(15)22(23,24)25)18-13-26-20-10-6-4-8-16(18)20/h3-10,13-14,17,26H,11-12H2,1-2H3,(H,27,28). The van der Waals surface area contributed by atoms with Gasteiger partial charge < -0.3 is 10.3 Å². The van der Waals surface area contributed by atoms with E-state index in [1.807, 2.05) is 38.1 Å². The number of aromatic nitrogens is 1. The molecule has 1 atom stereocenters. The van der Waals surface area contributed by atoms with Crippen LogP contribution < -0.4 is 5.32 Å². The van der Waals surface area contributed by atoms with Crippen LogP contribution >= 0.6 is 0 Å². The van der Waals surface area contributed by atoms with Gasteiger partial charge in [0.25, 0.3) is 0 Å². The zero-order chi connectivity index (χ0) is 20.3. The summed E-state index contributed by atoms with van der Waals surface area (Å²) in [6, 6.07) is 12.9. The average Bonchev–Trinajstić information content (AvgIpc) is 3.08. The molecule has 0 aliphatic carbocycles. The monoisotopic (exact) mass is 388 g/mol. The fraction of sp³-hybridized carbons (Fsp3) is 0.318. The molecular formula is C22H23F3N2O. The number of halogens is 3. The van der Waals surface area contributed by atoms with Crippen LogP contribution in [-0.2, 0) is 11.0 Å². The second-order valence-electron chi connectivity index (χ2n) is 7.33. The number of para-hydroxylation sites is 1. The maximum absolute atomic E-state index is 13.6. The van der Waals surface area contributed by atoms with E-state index in [9.17, 15) is 18.0 Å². The summed E-state index contributed by atoms with van der Waals surface area (Å²) in [4.78, 5) is 15.6. The van der Waals surface area contributed by atoms with Crippen molar-refractivity contribution in [2.45, 2.75) is 32.4 Å². The van der Waals surface area contributed by atoms with Crippen molar-refractivity contribution in [1.82, 2.24) is 10.3 Å². The van der Waals surface area contributed by atoms with Crippen LogP contribution in [-0.4, -0.2) is 17.4 Å². The number of benzene rings is 2. The first-order valence-electron chi connectivity index (χ1n) is 9.26. The van der Waals surface area contributed by atoms with E-state index < -0.39 is 17.7 Å². The molecule has 1 heterocycles. The zero-order valence-electron chi connectivity index (χ0n) is 15.8. The van der Waals surface area contributed by atoms with Crippen LogP contribution in [0.2, 0.25) is 0 Å². The third-order valence-corrected chi connectivity index (χ3v) is 4.74. The molecule has 1 amide bonds. The van der Waals surface area contributed by atoms with Gasteiger partial charge in [-0.3, -0.25) is 4.79 Å². The van der Waals surface area contributed by atoms with Crippen molar-refractivity contribution >= 4 is 16.8 Å². The molecule has 0 aliphatic heterocycles. The third-order valence-electron chi connectivity index (χ3n) is 4.74. The predicted octanol–water partition coefficient (Wildman–Crippen LogP) is 5.48. The molecule has 3 aromatic rings. The van der Waals surface area contributed by atoms with Crippen LogP contribution in [0.5, 0.6) is 0 Å². The summed E-state index contributed by atoms with van der Waals surface area (Å²) >= 11 is 0. The summed E-state index contributed by atoms with van der Waals surface area (Å²) in [6.07, 6.45) is -2.84. The Kier molecular flexibility index (Phi) is 5.77. The second-order valence-corrected chi connectivity index (χ2v) is 7.33. The van der Waals surface area contributed by atoms with Gasteiger partial charge in [0.15, 0.2) is 0 Å². The van der Waals surface area contributed by atoms with Gasteiger partial charge in [-0.05, 0) is 29.2 Å². The molecule has 0 radical (unpaired) electrons. The van der Waals surface area contributed by atoms with Crippen molar-refractivity contribution in [3.05, 3.63) is 71.4 Å². The summed E-state index contributed by atoms with van der Waals surface area (Å²) < 4.78 is 40.9. The van der Waals surface area contributed by atoms with Crippen LogP contribution in [0.1, 0.15) is 42.9 Å². The Bertz CT molecular complexity index is 960. The first kappa shape index (κ1) is 20.0. The number of carbonyl (C=O) groups is 1. The molecule has 3 rings (SSSR count). The smallest absolute Gasteiger partial charge is 0.361 e. The lowest BCUT2D eigenvalue weighted by atomic mass is 9.85. The number of alkyl halides is 3. The molecule has 0 spiro atoms. The number of aromatic amines is 1. The van der Waals surface area contributed by atoms with Crippen LogP contribution in [0.4, 0.5) is 13.2 Å². The Labute approximate surface area is 162 Å². The summed E-state index contributed by atoms with van der Waals surface area (Å²) in [6.45, 7) is 4.42. The summed E-state index contributed by atoms with van der Waals surface area (Å²) in [5.74, 6) is -0.708. The molecule has 2 aromatic carbocycles.